The van der Waals surface area contributed by atoms with Crippen LogP contribution in [-0.4, -0.2) is 0 Å². The number of rotatable bonds is 4. The molecule has 0 aromatic rings. The highest BCUT2D eigenvalue weighted by atomic mass is 14.6. The van der Waals surface area contributed by atoms with Crippen molar-refractivity contribution in [1.29, 1.82) is 0 Å². The zero-order valence-electron chi connectivity index (χ0n) is 12.6. The molecule has 0 aromatic carbocycles. The highest BCUT2D eigenvalue weighted by Crippen LogP contribution is 2.64. The lowest BCUT2D eigenvalue weighted by atomic mass is 9.68. The van der Waals surface area contributed by atoms with Crippen molar-refractivity contribution in [2.24, 2.45) is 35.0 Å². The van der Waals surface area contributed by atoms with Crippen LogP contribution >= 0.6 is 0 Å². The van der Waals surface area contributed by atoms with E-state index in [1.807, 2.05) is 0 Å². The fourth-order valence-corrected chi connectivity index (χ4v) is 5.82. The minimum Gasteiger partial charge on any atom is -0.0654 e. The quantitative estimate of drug-likeness (QED) is 0.603. The van der Waals surface area contributed by atoms with E-state index in [2.05, 4.69) is 34.6 Å². The Labute approximate surface area is 109 Å². The van der Waals surface area contributed by atoms with Crippen LogP contribution < -0.4 is 0 Å². The molecule has 0 bridgehead atoms. The Bertz CT molecular complexity index is 257. The Balaban J connectivity index is 2.22. The predicted molar refractivity (Wildman–Crippen MR) is 76.0 cm³/mol. The normalized spacial score (nSPS) is 49.6. The van der Waals surface area contributed by atoms with Gasteiger partial charge >= 0.3 is 0 Å². The van der Waals surface area contributed by atoms with Gasteiger partial charge in [0, 0.05) is 0 Å². The van der Waals surface area contributed by atoms with E-state index in [1.165, 1.54) is 38.5 Å². The number of fused-ring (bicyclic) bond motifs is 1. The summed E-state index contributed by atoms with van der Waals surface area (Å²) >= 11 is 0. The van der Waals surface area contributed by atoms with Crippen LogP contribution in [0.15, 0.2) is 0 Å². The first-order valence-corrected chi connectivity index (χ1v) is 8.05. The summed E-state index contributed by atoms with van der Waals surface area (Å²) in [6, 6.07) is 0. The van der Waals surface area contributed by atoms with Gasteiger partial charge < -0.3 is 0 Å². The lowest BCUT2D eigenvalue weighted by molar-refractivity contribution is 0.120. The third kappa shape index (κ3) is 2.06. The molecule has 0 N–H and O–H groups in total. The molecular weight excluding hydrogens is 204 g/mol. The third-order valence-electron chi connectivity index (χ3n) is 6.25. The van der Waals surface area contributed by atoms with Crippen LogP contribution in [-0.2, 0) is 0 Å². The molecular formula is C17H32. The molecule has 0 nitrogen and oxygen atoms in total. The first kappa shape index (κ1) is 13.4. The summed E-state index contributed by atoms with van der Waals surface area (Å²) in [4.78, 5) is 0. The zero-order valence-corrected chi connectivity index (χ0v) is 12.6. The monoisotopic (exact) mass is 236 g/mol. The lowest BCUT2D eigenvalue weighted by Crippen LogP contribution is -2.29. The summed E-state index contributed by atoms with van der Waals surface area (Å²) < 4.78 is 0. The lowest BCUT2D eigenvalue weighted by Gasteiger charge is -2.37. The highest BCUT2D eigenvalue weighted by Gasteiger charge is 2.56. The van der Waals surface area contributed by atoms with Crippen molar-refractivity contribution in [3.63, 3.8) is 0 Å². The Kier molecular flexibility index (Phi) is 3.90. The van der Waals surface area contributed by atoms with Gasteiger partial charge in [-0.1, -0.05) is 53.9 Å². The molecule has 0 spiro atoms. The van der Waals surface area contributed by atoms with Gasteiger partial charge in [0.15, 0.2) is 0 Å². The second-order valence-corrected chi connectivity index (χ2v) is 7.29. The standard InChI is InChI=1S/C17H32/c1-6-8-9-17(7-2)11-14(5)15-12(3)10-13(4)16(15)17/h12-16H,6-11H2,1-5H3. The molecule has 0 heterocycles. The first-order chi connectivity index (χ1) is 8.05. The predicted octanol–water partition coefficient (Wildman–Crippen LogP) is 5.52. The molecule has 0 saturated heterocycles. The molecule has 0 aliphatic heterocycles. The van der Waals surface area contributed by atoms with Gasteiger partial charge in [-0.15, -0.1) is 0 Å². The summed E-state index contributed by atoms with van der Waals surface area (Å²) in [5.41, 5.74) is 0.713. The molecule has 2 aliphatic carbocycles. The van der Waals surface area contributed by atoms with Crippen molar-refractivity contribution in [3.8, 4) is 0 Å². The summed E-state index contributed by atoms with van der Waals surface area (Å²) in [5.74, 6) is 5.04. The topological polar surface area (TPSA) is 0 Å². The fourth-order valence-electron chi connectivity index (χ4n) is 5.82. The van der Waals surface area contributed by atoms with Gasteiger partial charge in [0.05, 0.1) is 0 Å². The second-order valence-electron chi connectivity index (χ2n) is 7.29. The summed E-state index contributed by atoms with van der Waals surface area (Å²) in [6.07, 6.45) is 8.77. The largest absolute Gasteiger partial charge is 0.0654 e. The van der Waals surface area contributed by atoms with Gasteiger partial charge in [0.2, 0.25) is 0 Å². The molecule has 0 amide bonds. The minimum absolute atomic E-state index is 0.713. The van der Waals surface area contributed by atoms with Crippen molar-refractivity contribution in [3.05, 3.63) is 0 Å². The van der Waals surface area contributed by atoms with Crippen molar-refractivity contribution < 1.29 is 0 Å². The highest BCUT2D eigenvalue weighted by molar-refractivity contribution is 5.05. The van der Waals surface area contributed by atoms with E-state index >= 15 is 0 Å². The molecule has 100 valence electrons. The van der Waals surface area contributed by atoms with Crippen LogP contribution in [0, 0.1) is 35.0 Å². The van der Waals surface area contributed by atoms with Crippen LogP contribution in [0.5, 0.6) is 0 Å². The van der Waals surface area contributed by atoms with E-state index in [0.29, 0.717) is 5.41 Å². The van der Waals surface area contributed by atoms with Gasteiger partial charge in [0.25, 0.3) is 0 Å². The average molecular weight is 236 g/mol. The number of hydrogen-bond donors (Lipinski definition) is 0. The maximum atomic E-state index is 2.54. The van der Waals surface area contributed by atoms with Crippen molar-refractivity contribution in [2.75, 3.05) is 0 Å². The molecule has 2 aliphatic rings. The Morgan fingerprint density at radius 3 is 2.29 bits per heavy atom. The van der Waals surface area contributed by atoms with E-state index in [1.54, 1.807) is 0 Å². The SMILES string of the molecule is CCCCC1(CC)CC(C)C2C(C)CC(C)C21. The molecule has 6 unspecified atom stereocenters. The van der Waals surface area contributed by atoms with Gasteiger partial charge in [0.1, 0.15) is 0 Å². The minimum atomic E-state index is 0.713. The molecule has 2 rings (SSSR count). The number of hydrogen-bond acceptors (Lipinski definition) is 0. The molecule has 0 heteroatoms. The smallest absolute Gasteiger partial charge is 0.0264 e. The summed E-state index contributed by atoms with van der Waals surface area (Å²) in [5, 5.41) is 0. The van der Waals surface area contributed by atoms with Gasteiger partial charge in [-0.2, -0.15) is 0 Å². The van der Waals surface area contributed by atoms with Crippen molar-refractivity contribution in [2.45, 2.75) is 73.1 Å². The first-order valence-electron chi connectivity index (χ1n) is 8.05. The van der Waals surface area contributed by atoms with Gasteiger partial charge in [-0.25, -0.2) is 0 Å². The maximum Gasteiger partial charge on any atom is -0.0264 e. The molecule has 0 aromatic heterocycles. The van der Waals surface area contributed by atoms with Crippen LogP contribution in [0.4, 0.5) is 0 Å². The Hall–Kier alpha value is 0. The van der Waals surface area contributed by atoms with Crippen LogP contribution in [0.3, 0.4) is 0 Å². The van der Waals surface area contributed by atoms with E-state index in [0.717, 1.165) is 29.6 Å². The molecule has 17 heavy (non-hydrogen) atoms. The van der Waals surface area contributed by atoms with Gasteiger partial charge in [-0.05, 0) is 54.3 Å². The van der Waals surface area contributed by atoms with Crippen molar-refractivity contribution in [1.82, 2.24) is 0 Å². The molecule has 0 radical (unpaired) electrons. The van der Waals surface area contributed by atoms with Crippen molar-refractivity contribution >= 4 is 0 Å². The maximum absolute atomic E-state index is 2.54. The molecule has 2 saturated carbocycles. The number of unbranched alkanes of at least 4 members (excludes halogenated alkanes) is 1. The van der Waals surface area contributed by atoms with Gasteiger partial charge in [-0.3, -0.25) is 0 Å². The second kappa shape index (κ2) is 4.94. The van der Waals surface area contributed by atoms with E-state index in [-0.39, 0.29) is 0 Å². The van der Waals surface area contributed by atoms with E-state index in [4.69, 9.17) is 0 Å². The van der Waals surface area contributed by atoms with Crippen LogP contribution in [0.25, 0.3) is 0 Å². The fraction of sp³-hybridized carbons (Fsp3) is 1.00. The summed E-state index contributed by atoms with van der Waals surface area (Å²) in [6.45, 7) is 12.4. The molecule has 2 fully saturated rings. The van der Waals surface area contributed by atoms with Crippen LogP contribution in [0.1, 0.15) is 73.1 Å². The Morgan fingerprint density at radius 1 is 1.00 bits per heavy atom. The van der Waals surface area contributed by atoms with E-state index < -0.39 is 0 Å². The Morgan fingerprint density at radius 2 is 1.71 bits per heavy atom. The zero-order chi connectivity index (χ0) is 12.6. The third-order valence-corrected chi connectivity index (χ3v) is 6.25. The van der Waals surface area contributed by atoms with Crippen LogP contribution in [0.2, 0.25) is 0 Å². The average Bonchev–Trinajstić information content (AvgIpc) is 2.75. The molecule has 6 atom stereocenters. The summed E-state index contributed by atoms with van der Waals surface area (Å²) in [7, 11) is 0. The van der Waals surface area contributed by atoms with E-state index in [9.17, 15) is 0 Å².